The summed E-state index contributed by atoms with van der Waals surface area (Å²) in [5.74, 6) is -0.392. The minimum atomic E-state index is -0.342. The van der Waals surface area contributed by atoms with Gasteiger partial charge in [0, 0.05) is 19.2 Å². The van der Waals surface area contributed by atoms with Crippen molar-refractivity contribution < 1.29 is 9.18 Å². The van der Waals surface area contributed by atoms with Crippen LogP contribution in [0.2, 0.25) is 0 Å². The van der Waals surface area contributed by atoms with Crippen molar-refractivity contribution in [2.75, 3.05) is 0 Å². The maximum Gasteiger partial charge on any atom is 0.178 e. The summed E-state index contributed by atoms with van der Waals surface area (Å²) in [6.07, 6.45) is 2.20. The Labute approximate surface area is 86.6 Å². The number of ketones is 1. The van der Waals surface area contributed by atoms with E-state index in [4.69, 9.17) is 0 Å². The molecule has 2 rings (SSSR count). The number of hydrogen-bond acceptors (Lipinski definition) is 2. The molecule has 0 aliphatic rings. The Bertz CT molecular complexity index is 531. The monoisotopic (exact) mass is 206 g/mol. The summed E-state index contributed by atoms with van der Waals surface area (Å²) in [5, 5.41) is 0. The molecule has 78 valence electrons. The van der Waals surface area contributed by atoms with Crippen LogP contribution < -0.4 is 0 Å². The zero-order valence-electron chi connectivity index (χ0n) is 8.62. The summed E-state index contributed by atoms with van der Waals surface area (Å²) in [7, 11) is 0. The maximum absolute atomic E-state index is 12.9. The quantitative estimate of drug-likeness (QED) is 0.706. The van der Waals surface area contributed by atoms with Crippen molar-refractivity contribution in [3.8, 4) is 0 Å². The normalized spacial score (nSPS) is 10.9. The number of nitrogens with zero attached hydrogens (tertiary/aromatic N) is 2. The number of carbonyl (C=O) groups is 1. The Morgan fingerprint density at radius 2 is 2.33 bits per heavy atom. The molecule has 0 unspecified atom stereocenters. The predicted molar refractivity (Wildman–Crippen MR) is 54.5 cm³/mol. The molecule has 0 fully saturated rings. The van der Waals surface area contributed by atoms with Crippen molar-refractivity contribution in [3.05, 3.63) is 35.5 Å². The van der Waals surface area contributed by atoms with Crippen LogP contribution in [-0.4, -0.2) is 15.2 Å². The topological polar surface area (TPSA) is 34.4 Å². The summed E-state index contributed by atoms with van der Waals surface area (Å²) in [6.45, 7) is 3.41. The molecule has 0 bridgehead atoms. The van der Waals surface area contributed by atoms with Crippen LogP contribution in [0.4, 0.5) is 4.39 Å². The lowest BCUT2D eigenvalue weighted by Gasteiger charge is -1.98. The van der Waals surface area contributed by atoms with Crippen molar-refractivity contribution in [1.29, 1.82) is 0 Å². The molecule has 0 atom stereocenters. The average Bonchev–Trinajstić information content (AvgIpc) is 2.54. The zero-order chi connectivity index (χ0) is 11.0. The predicted octanol–water partition coefficient (Wildman–Crippen LogP) is 2.24. The molecule has 0 amide bonds. The van der Waals surface area contributed by atoms with Gasteiger partial charge in [0.25, 0.3) is 0 Å². The zero-order valence-corrected chi connectivity index (χ0v) is 8.62. The number of pyridine rings is 1. The van der Waals surface area contributed by atoms with Crippen LogP contribution in [0.25, 0.3) is 5.65 Å². The van der Waals surface area contributed by atoms with E-state index < -0.39 is 0 Å². The Balaban J connectivity index is 2.80. The maximum atomic E-state index is 12.9. The molecule has 0 aromatic carbocycles. The number of aryl methyl sites for hydroxylation is 1. The van der Waals surface area contributed by atoms with E-state index >= 15 is 0 Å². The third-order valence-electron chi connectivity index (χ3n) is 2.33. The Morgan fingerprint density at radius 3 is 2.93 bits per heavy atom. The molecule has 0 saturated heterocycles. The van der Waals surface area contributed by atoms with E-state index in [1.165, 1.54) is 25.3 Å². The van der Waals surface area contributed by atoms with Gasteiger partial charge in [0.1, 0.15) is 17.2 Å². The van der Waals surface area contributed by atoms with Gasteiger partial charge in [-0.3, -0.25) is 9.20 Å². The minimum Gasteiger partial charge on any atom is -0.297 e. The summed E-state index contributed by atoms with van der Waals surface area (Å²) in [4.78, 5) is 15.6. The van der Waals surface area contributed by atoms with E-state index in [9.17, 15) is 9.18 Å². The highest BCUT2D eigenvalue weighted by Crippen LogP contribution is 2.14. The molecule has 2 aromatic heterocycles. The van der Waals surface area contributed by atoms with Crippen LogP contribution in [0.5, 0.6) is 0 Å². The van der Waals surface area contributed by atoms with E-state index in [2.05, 4.69) is 4.98 Å². The van der Waals surface area contributed by atoms with Gasteiger partial charge in [-0.2, -0.15) is 0 Å². The molecule has 15 heavy (non-hydrogen) atoms. The van der Waals surface area contributed by atoms with Crippen molar-refractivity contribution in [3.63, 3.8) is 0 Å². The lowest BCUT2D eigenvalue weighted by atomic mass is 10.2. The van der Waals surface area contributed by atoms with Gasteiger partial charge in [0.05, 0.1) is 5.69 Å². The van der Waals surface area contributed by atoms with Crippen molar-refractivity contribution in [1.82, 2.24) is 9.38 Å². The molecule has 2 aromatic rings. The second-order valence-electron chi connectivity index (χ2n) is 3.39. The minimum absolute atomic E-state index is 0.0500. The molecule has 0 aliphatic carbocycles. The fourth-order valence-electron chi connectivity index (χ4n) is 1.69. The number of rotatable bonds is 2. The van der Waals surface area contributed by atoms with Gasteiger partial charge < -0.3 is 0 Å². The first-order valence-corrected chi connectivity index (χ1v) is 4.81. The van der Waals surface area contributed by atoms with E-state index in [-0.39, 0.29) is 11.6 Å². The Hall–Kier alpha value is -1.71. The number of imidazole rings is 1. The molecule has 0 N–H and O–H groups in total. The molecule has 0 spiro atoms. The van der Waals surface area contributed by atoms with Crippen LogP contribution in [0.1, 0.15) is 30.0 Å². The smallest absolute Gasteiger partial charge is 0.178 e. The number of fused-ring (bicyclic) bond motifs is 1. The summed E-state index contributed by atoms with van der Waals surface area (Å²) >= 11 is 0. The van der Waals surface area contributed by atoms with Gasteiger partial charge in [-0.15, -0.1) is 0 Å². The molecular formula is C11H11FN2O. The SMILES string of the molecule is CCc1nc2cc(F)ccn2c1C(C)=O. The number of aromatic nitrogens is 2. The summed E-state index contributed by atoms with van der Waals surface area (Å²) in [6, 6.07) is 2.64. The largest absolute Gasteiger partial charge is 0.297 e. The van der Waals surface area contributed by atoms with Gasteiger partial charge in [-0.25, -0.2) is 9.37 Å². The standard InChI is InChI=1S/C11H11FN2O/c1-3-9-11(7(2)15)14-5-4-8(12)6-10(14)13-9/h4-6H,3H2,1-2H3. The lowest BCUT2D eigenvalue weighted by molar-refractivity contribution is 0.101. The Kier molecular flexibility index (Phi) is 2.26. The molecule has 4 heteroatoms. The van der Waals surface area contributed by atoms with Gasteiger partial charge >= 0.3 is 0 Å². The number of hydrogen-bond donors (Lipinski definition) is 0. The lowest BCUT2D eigenvalue weighted by Crippen LogP contribution is -2.01. The Morgan fingerprint density at radius 1 is 1.60 bits per heavy atom. The highest BCUT2D eigenvalue weighted by atomic mass is 19.1. The van der Waals surface area contributed by atoms with Crippen molar-refractivity contribution >= 4 is 11.4 Å². The molecular weight excluding hydrogens is 195 g/mol. The highest BCUT2D eigenvalue weighted by molar-refractivity contribution is 5.94. The van der Waals surface area contributed by atoms with Crippen LogP contribution >= 0.6 is 0 Å². The van der Waals surface area contributed by atoms with Crippen molar-refractivity contribution in [2.24, 2.45) is 0 Å². The van der Waals surface area contributed by atoms with Crippen LogP contribution in [0, 0.1) is 5.82 Å². The molecule has 2 heterocycles. The number of carbonyl (C=O) groups excluding carboxylic acids is 1. The molecule has 3 nitrogen and oxygen atoms in total. The van der Waals surface area contributed by atoms with E-state index in [1.54, 1.807) is 4.40 Å². The third kappa shape index (κ3) is 1.52. The second kappa shape index (κ2) is 3.46. The third-order valence-corrected chi connectivity index (χ3v) is 2.33. The second-order valence-corrected chi connectivity index (χ2v) is 3.39. The van der Waals surface area contributed by atoms with Crippen LogP contribution in [0.3, 0.4) is 0 Å². The molecule has 0 saturated carbocycles. The van der Waals surface area contributed by atoms with Gasteiger partial charge in [0.15, 0.2) is 5.78 Å². The summed E-state index contributed by atoms with van der Waals surface area (Å²) in [5.41, 5.74) is 1.75. The number of Topliss-reactive ketones (excluding diaryl/α,β-unsaturated/α-hetero) is 1. The van der Waals surface area contributed by atoms with E-state index in [0.717, 1.165) is 0 Å². The van der Waals surface area contributed by atoms with Gasteiger partial charge in [-0.1, -0.05) is 6.92 Å². The highest BCUT2D eigenvalue weighted by Gasteiger charge is 2.14. The van der Waals surface area contributed by atoms with Crippen LogP contribution in [0.15, 0.2) is 18.3 Å². The fraction of sp³-hybridized carbons (Fsp3) is 0.273. The first kappa shape index (κ1) is 9.83. The van der Waals surface area contributed by atoms with Crippen LogP contribution in [-0.2, 0) is 6.42 Å². The fourth-order valence-corrected chi connectivity index (χ4v) is 1.69. The summed E-state index contributed by atoms with van der Waals surface area (Å²) < 4.78 is 14.6. The van der Waals surface area contributed by atoms with Crippen molar-refractivity contribution in [2.45, 2.75) is 20.3 Å². The van der Waals surface area contributed by atoms with Gasteiger partial charge in [-0.05, 0) is 12.5 Å². The van der Waals surface area contributed by atoms with E-state index in [0.29, 0.717) is 23.5 Å². The molecule has 0 radical (unpaired) electrons. The first-order valence-electron chi connectivity index (χ1n) is 4.81. The molecule has 0 aliphatic heterocycles. The first-order chi connectivity index (χ1) is 7.13. The average molecular weight is 206 g/mol. The van der Waals surface area contributed by atoms with Gasteiger partial charge in [0.2, 0.25) is 0 Å². The van der Waals surface area contributed by atoms with E-state index in [1.807, 2.05) is 6.92 Å². The number of halogens is 1.